The predicted octanol–water partition coefficient (Wildman–Crippen LogP) is 4.59. The maximum absolute atomic E-state index is 16.5. The van der Waals surface area contributed by atoms with Crippen LogP contribution in [0.2, 0.25) is 0 Å². The van der Waals surface area contributed by atoms with Crippen LogP contribution in [0.1, 0.15) is 43.2 Å². The Kier molecular flexibility index (Phi) is 6.79. The Balaban J connectivity index is 1.31. The molecule has 3 atom stereocenters. The maximum atomic E-state index is 16.5. The molecular weight excluding hydrogens is 545 g/mol. The molecule has 0 bridgehead atoms. The summed E-state index contributed by atoms with van der Waals surface area (Å²) in [7, 11) is 2.04. The predicted molar refractivity (Wildman–Crippen MR) is 152 cm³/mol. The molecule has 42 heavy (non-hydrogen) atoms. The summed E-state index contributed by atoms with van der Waals surface area (Å²) in [5.41, 5.74) is 2.25. The molecule has 4 aliphatic rings. The van der Waals surface area contributed by atoms with Gasteiger partial charge in [-0.2, -0.15) is 9.97 Å². The molecule has 0 spiro atoms. The zero-order valence-electron chi connectivity index (χ0n) is 23.6. The van der Waals surface area contributed by atoms with Gasteiger partial charge >= 0.3 is 6.01 Å². The Hall–Kier alpha value is -3.73. The number of fused-ring (bicyclic) bond motifs is 3. The molecule has 8 nitrogen and oxygen atoms in total. The van der Waals surface area contributed by atoms with Crippen molar-refractivity contribution < 1.29 is 22.7 Å². The first-order chi connectivity index (χ1) is 20.3. The highest BCUT2D eigenvalue weighted by Crippen LogP contribution is 2.43. The third-order valence-corrected chi connectivity index (χ3v) is 9.52. The molecule has 0 radical (unpaired) electrons. The smallest absolute Gasteiger partial charge is 0.319 e. The molecule has 3 aromatic rings. The Morgan fingerprint density at radius 2 is 1.93 bits per heavy atom. The standard InChI is InChI=1S/C31H33F3N6O2/c1-17(32)30(41)39-11-9-24-25(39)15-40(24)29-21-12-23(33)26(22-14-35-13-18-6-3-4-8-20(18)22)27(34)28(21)36-31(37-29)42-16-19-7-5-10-38(19)2/h12-14,19,24-25H,1,3-11,15-16H2,2H3/t19-,24+,25+/m0/s1. The van der Waals surface area contributed by atoms with Gasteiger partial charge in [-0.25, -0.2) is 13.2 Å². The number of carbonyl (C=O) groups excluding carboxylic acids is 1. The van der Waals surface area contributed by atoms with E-state index in [4.69, 9.17) is 4.74 Å². The lowest BCUT2D eigenvalue weighted by molar-refractivity contribution is -0.130. The molecule has 1 aromatic carbocycles. The fourth-order valence-corrected chi connectivity index (χ4v) is 7.20. The third-order valence-electron chi connectivity index (χ3n) is 9.52. The zero-order chi connectivity index (χ0) is 29.1. The van der Waals surface area contributed by atoms with Crippen LogP contribution in [0.4, 0.5) is 19.0 Å². The average Bonchev–Trinajstić information content (AvgIpc) is 3.53. The number of aromatic nitrogens is 3. The second kappa shape index (κ2) is 10.5. The van der Waals surface area contributed by atoms with Crippen molar-refractivity contribution in [1.29, 1.82) is 0 Å². The zero-order valence-corrected chi connectivity index (χ0v) is 23.6. The number of likely N-dealkylation sites (tertiary alicyclic amines) is 2. The molecule has 0 unspecified atom stereocenters. The Morgan fingerprint density at radius 1 is 1.10 bits per heavy atom. The molecule has 1 aliphatic carbocycles. The van der Waals surface area contributed by atoms with Crippen molar-refractivity contribution in [2.24, 2.45) is 0 Å². The minimum absolute atomic E-state index is 0.0221. The van der Waals surface area contributed by atoms with E-state index >= 15 is 8.78 Å². The van der Waals surface area contributed by atoms with E-state index in [-0.39, 0.29) is 40.6 Å². The van der Waals surface area contributed by atoms with Crippen molar-refractivity contribution in [3.8, 4) is 17.1 Å². The van der Waals surface area contributed by atoms with Gasteiger partial charge < -0.3 is 19.4 Å². The minimum Gasteiger partial charge on any atom is -0.462 e. The summed E-state index contributed by atoms with van der Waals surface area (Å²) in [6.07, 6.45) is 9.49. The fourth-order valence-electron chi connectivity index (χ4n) is 7.20. The second-order valence-electron chi connectivity index (χ2n) is 11.9. The highest BCUT2D eigenvalue weighted by molar-refractivity contribution is 5.95. The Morgan fingerprint density at radius 3 is 2.71 bits per heavy atom. The van der Waals surface area contributed by atoms with E-state index in [9.17, 15) is 9.18 Å². The van der Waals surface area contributed by atoms with Crippen LogP contribution in [-0.2, 0) is 17.6 Å². The van der Waals surface area contributed by atoms with Gasteiger partial charge in [0.2, 0.25) is 0 Å². The van der Waals surface area contributed by atoms with Crippen LogP contribution in [0.25, 0.3) is 22.0 Å². The molecule has 0 N–H and O–H groups in total. The number of carbonyl (C=O) groups is 1. The van der Waals surface area contributed by atoms with Crippen LogP contribution in [0.15, 0.2) is 30.9 Å². The number of benzene rings is 1. The molecule has 5 heterocycles. The summed E-state index contributed by atoms with van der Waals surface area (Å²) in [5.74, 6) is -2.85. The van der Waals surface area contributed by atoms with Gasteiger partial charge in [0.15, 0.2) is 11.6 Å². The monoisotopic (exact) mass is 578 g/mol. The first kappa shape index (κ1) is 27.1. The second-order valence-corrected chi connectivity index (χ2v) is 11.9. The summed E-state index contributed by atoms with van der Waals surface area (Å²) in [4.78, 5) is 31.4. The van der Waals surface area contributed by atoms with Gasteiger partial charge in [-0.05, 0) is 75.7 Å². The van der Waals surface area contributed by atoms with Crippen molar-refractivity contribution in [3.05, 3.63) is 53.6 Å². The van der Waals surface area contributed by atoms with E-state index in [1.165, 1.54) is 17.2 Å². The first-order valence-electron chi connectivity index (χ1n) is 14.7. The van der Waals surface area contributed by atoms with Crippen molar-refractivity contribution in [3.63, 3.8) is 0 Å². The number of pyridine rings is 1. The molecule has 220 valence electrons. The van der Waals surface area contributed by atoms with Crippen molar-refractivity contribution in [1.82, 2.24) is 24.8 Å². The summed E-state index contributed by atoms with van der Waals surface area (Å²) >= 11 is 0. The number of amides is 1. The van der Waals surface area contributed by atoms with E-state index in [1.807, 2.05) is 11.9 Å². The number of aryl methyl sites for hydroxylation is 1. The topological polar surface area (TPSA) is 74.7 Å². The van der Waals surface area contributed by atoms with Crippen LogP contribution >= 0.6 is 0 Å². The van der Waals surface area contributed by atoms with Crippen molar-refractivity contribution >= 4 is 22.6 Å². The number of likely N-dealkylation sites (N-methyl/N-ethyl adjacent to an activating group) is 1. The van der Waals surface area contributed by atoms with E-state index in [1.54, 1.807) is 6.20 Å². The summed E-state index contributed by atoms with van der Waals surface area (Å²) in [6.45, 7) is 5.19. The molecule has 2 aromatic heterocycles. The van der Waals surface area contributed by atoms with Gasteiger partial charge in [-0.15, -0.1) is 0 Å². The lowest BCUT2D eigenvalue weighted by atomic mass is 9.87. The maximum Gasteiger partial charge on any atom is 0.319 e. The summed E-state index contributed by atoms with van der Waals surface area (Å²) in [6, 6.07) is 1.11. The van der Waals surface area contributed by atoms with Crippen LogP contribution in [0, 0.1) is 11.6 Å². The number of rotatable bonds is 6. The van der Waals surface area contributed by atoms with E-state index in [2.05, 4.69) is 26.4 Å². The Labute approximate surface area is 242 Å². The highest BCUT2D eigenvalue weighted by atomic mass is 19.1. The number of ether oxygens (including phenoxy) is 1. The van der Waals surface area contributed by atoms with Crippen LogP contribution in [0.5, 0.6) is 6.01 Å². The fraction of sp³-hybridized carbons (Fsp3) is 0.484. The van der Waals surface area contributed by atoms with Gasteiger partial charge in [-0.3, -0.25) is 9.78 Å². The van der Waals surface area contributed by atoms with Gasteiger partial charge in [-0.1, -0.05) is 6.58 Å². The van der Waals surface area contributed by atoms with E-state index in [0.29, 0.717) is 37.5 Å². The Bertz CT molecular complexity index is 1600. The van der Waals surface area contributed by atoms with E-state index < -0.39 is 23.4 Å². The summed E-state index contributed by atoms with van der Waals surface area (Å²) < 4.78 is 52.2. The van der Waals surface area contributed by atoms with Crippen molar-refractivity contribution in [2.75, 3.05) is 38.2 Å². The molecule has 3 fully saturated rings. The SMILES string of the molecule is C=C(F)C(=O)N1CC[C@@H]2[C@H]1CN2c1nc(OC[C@@H]2CCCN2C)nc2c(F)c(-c3cncc4c3CCCC4)c(F)cc12. The molecular formula is C31H33F3N6O2. The van der Waals surface area contributed by atoms with Crippen LogP contribution < -0.4 is 9.64 Å². The number of hydrogen-bond acceptors (Lipinski definition) is 7. The molecule has 0 saturated carbocycles. The number of halogens is 3. The lowest BCUT2D eigenvalue weighted by Crippen LogP contribution is -2.63. The van der Waals surface area contributed by atoms with Crippen LogP contribution in [-0.4, -0.2) is 82.1 Å². The molecule has 7 rings (SSSR count). The molecule has 3 saturated heterocycles. The lowest BCUT2D eigenvalue weighted by Gasteiger charge is -2.47. The first-order valence-corrected chi connectivity index (χ1v) is 14.7. The van der Waals surface area contributed by atoms with Gasteiger partial charge in [0.05, 0.1) is 17.6 Å². The molecule has 11 heteroatoms. The van der Waals surface area contributed by atoms with Crippen molar-refractivity contribution in [2.45, 2.75) is 63.1 Å². The summed E-state index contributed by atoms with van der Waals surface area (Å²) in [5, 5.41) is 0.231. The quantitative estimate of drug-likeness (QED) is 0.396. The van der Waals surface area contributed by atoms with E-state index in [0.717, 1.165) is 56.2 Å². The highest BCUT2D eigenvalue weighted by Gasteiger charge is 2.50. The minimum atomic E-state index is -0.997. The largest absolute Gasteiger partial charge is 0.462 e. The number of hydrogen-bond donors (Lipinski definition) is 0. The van der Waals surface area contributed by atoms with Gasteiger partial charge in [0.25, 0.3) is 5.91 Å². The number of anilines is 1. The average molecular weight is 579 g/mol. The van der Waals surface area contributed by atoms with Crippen LogP contribution in [0.3, 0.4) is 0 Å². The normalized spacial score (nSPS) is 23.6. The number of nitrogens with zero attached hydrogens (tertiary/aromatic N) is 6. The van der Waals surface area contributed by atoms with Gasteiger partial charge in [0, 0.05) is 42.5 Å². The molecule has 1 amide bonds. The molecule has 3 aliphatic heterocycles. The third kappa shape index (κ3) is 4.40. The van der Waals surface area contributed by atoms with Gasteiger partial charge in [0.1, 0.15) is 23.8 Å².